The Kier molecular flexibility index (Phi) is 21.1. The average molecular weight is 1510 g/mol. The van der Waals surface area contributed by atoms with Crippen molar-refractivity contribution in [3.05, 3.63) is 139 Å². The van der Waals surface area contributed by atoms with Crippen LogP contribution in [0.25, 0.3) is 11.1 Å². The third-order valence-corrected chi connectivity index (χ3v) is 20.0. The molecule has 9 heterocycles. The topological polar surface area (TPSA) is 363 Å². The van der Waals surface area contributed by atoms with Gasteiger partial charge in [0.2, 0.25) is 0 Å². The fourth-order valence-corrected chi connectivity index (χ4v) is 13.3. The van der Waals surface area contributed by atoms with Crippen molar-refractivity contribution in [2.24, 2.45) is 11.8 Å². The number of aromatic hydroxyl groups is 1. The highest BCUT2D eigenvalue weighted by atomic mass is 79.9. The molecule has 27 nitrogen and oxygen atoms in total. The molecular weight excluding hydrogens is 1450 g/mol. The molecule has 9 N–H and O–H groups in total. The third-order valence-electron chi connectivity index (χ3n) is 16.1. The van der Waals surface area contributed by atoms with E-state index in [1.807, 2.05) is 12.1 Å². The van der Waals surface area contributed by atoms with Gasteiger partial charge in [-0.05, 0) is 182 Å². The zero-order chi connectivity index (χ0) is 67.9. The lowest BCUT2D eigenvalue weighted by Crippen LogP contribution is -2.54. The van der Waals surface area contributed by atoms with E-state index in [0.717, 1.165) is 58.0 Å². The number of furan rings is 1. The summed E-state index contributed by atoms with van der Waals surface area (Å²) in [7, 11) is 2.98. The number of benzene rings is 2. The quantitative estimate of drug-likeness (QED) is 0.0229. The number of carbonyl (C=O) groups excluding carboxylic acids is 6. The molecule has 4 aliphatic heterocycles. The summed E-state index contributed by atoms with van der Waals surface area (Å²) in [5.41, 5.74) is 5.79. The predicted molar refractivity (Wildman–Crippen MR) is 359 cm³/mol. The Hall–Kier alpha value is -9.25. The lowest BCUT2D eigenvalue weighted by Gasteiger charge is -2.28. The van der Waals surface area contributed by atoms with E-state index < -0.39 is 44.8 Å². The van der Waals surface area contributed by atoms with Crippen LogP contribution in [0.3, 0.4) is 0 Å². The molecular formula is C64H66Br3N13O14S. The van der Waals surface area contributed by atoms with Crippen molar-refractivity contribution in [3.8, 4) is 41.1 Å². The number of urea groups is 2. The molecule has 0 unspecified atom stereocenters. The molecule has 14 rings (SSSR count). The lowest BCUT2D eigenvalue weighted by molar-refractivity contribution is -0.125. The van der Waals surface area contributed by atoms with Crippen molar-refractivity contribution in [1.29, 1.82) is 0 Å². The van der Waals surface area contributed by atoms with Gasteiger partial charge in [0.15, 0.2) is 38.0 Å². The number of carbonyl (C=O) groups is 6. The fourth-order valence-electron chi connectivity index (χ4n) is 10.3. The first-order valence-electron chi connectivity index (χ1n) is 29.7. The van der Waals surface area contributed by atoms with Crippen LogP contribution in [-0.4, -0.2) is 144 Å². The van der Waals surface area contributed by atoms with Crippen LogP contribution < -0.4 is 56.6 Å². The van der Waals surface area contributed by atoms with Gasteiger partial charge in [-0.25, -0.2) is 37.9 Å². The molecule has 3 saturated carbocycles. The number of ether oxygens (including phenoxy) is 4. The van der Waals surface area contributed by atoms with E-state index in [1.165, 1.54) is 55.8 Å². The number of nitrogens with one attached hydrogen (secondary N) is 6. The number of amides is 8. The largest absolute Gasteiger partial charge is 0.505 e. The van der Waals surface area contributed by atoms with Crippen molar-refractivity contribution < 1.29 is 65.7 Å². The number of pyridine rings is 4. The van der Waals surface area contributed by atoms with Gasteiger partial charge in [0.25, 0.3) is 23.6 Å². The van der Waals surface area contributed by atoms with Gasteiger partial charge in [-0.2, -0.15) is 0 Å². The summed E-state index contributed by atoms with van der Waals surface area (Å²) >= 11 is 9.71. The summed E-state index contributed by atoms with van der Waals surface area (Å²) in [5, 5.41) is 24.8. The van der Waals surface area contributed by atoms with E-state index in [-0.39, 0.29) is 54.0 Å². The Labute approximate surface area is 571 Å². The molecule has 7 aromatic rings. The van der Waals surface area contributed by atoms with E-state index in [4.69, 9.17) is 35.5 Å². The molecule has 3 aliphatic carbocycles. The Morgan fingerprint density at radius 2 is 1.19 bits per heavy atom. The van der Waals surface area contributed by atoms with Crippen molar-refractivity contribution in [3.63, 3.8) is 0 Å². The number of nitrogens with zero attached hydrogens (tertiary/aromatic N) is 6. The summed E-state index contributed by atoms with van der Waals surface area (Å²) in [6.07, 6.45) is 12.1. The maximum Gasteiger partial charge on any atom is 0.323 e. The van der Waals surface area contributed by atoms with E-state index in [2.05, 4.69) is 106 Å². The SMILES string of the molecule is C#C[C@]1(CN2Cc3ccc(OC)cc3C2=O)NC(=O)NC1=O.COc1ccc(N)nc1Br.COc1ccc(NCC2CC2)nc1Br.COc1ccc2c(c1)C(=O)N(C[C@@]1(c3cc4nc(CS(=O)(=O)C5CC5)ccc4o3)NC(=O)NC1=O)C2.Oc1ccc(NCC2CC2)nc1Br. The smallest absolute Gasteiger partial charge is 0.323 e. The maximum atomic E-state index is 13.2. The first kappa shape index (κ1) is 68.6. The zero-order valence-electron chi connectivity index (χ0n) is 51.7. The molecule has 0 spiro atoms. The van der Waals surface area contributed by atoms with E-state index in [9.17, 15) is 42.3 Å². The van der Waals surface area contributed by atoms with Crippen LogP contribution in [0.15, 0.2) is 109 Å². The summed E-state index contributed by atoms with van der Waals surface area (Å²) in [6.45, 7) is 2.32. The number of methoxy groups -OCH3 is 4. The number of hydrogen-bond donors (Lipinski definition) is 8. The van der Waals surface area contributed by atoms with Crippen LogP contribution in [0, 0.1) is 24.2 Å². The van der Waals surface area contributed by atoms with Crippen LogP contribution >= 0.6 is 47.8 Å². The van der Waals surface area contributed by atoms with E-state index in [0.29, 0.717) is 79.6 Å². The number of aromatic nitrogens is 4. The number of fused-ring (bicyclic) bond motifs is 3. The van der Waals surface area contributed by atoms with Gasteiger partial charge in [0, 0.05) is 43.4 Å². The highest BCUT2D eigenvalue weighted by molar-refractivity contribution is 9.11. The number of hydrogen-bond acceptors (Lipinski definition) is 21. The molecule has 0 radical (unpaired) electrons. The highest BCUT2D eigenvalue weighted by Gasteiger charge is 2.53. The average Bonchev–Trinajstić information content (AvgIpc) is 1.60. The molecule has 7 aliphatic rings. The normalized spacial score (nSPS) is 18.9. The molecule has 95 heavy (non-hydrogen) atoms. The van der Waals surface area contributed by atoms with Crippen molar-refractivity contribution in [2.45, 2.75) is 73.7 Å². The van der Waals surface area contributed by atoms with Crippen LogP contribution in [0.5, 0.6) is 28.7 Å². The lowest BCUT2D eigenvalue weighted by atomic mass is 9.95. The number of nitrogen functional groups attached to an aromatic ring is 1. The highest BCUT2D eigenvalue weighted by Crippen LogP contribution is 2.37. The van der Waals surface area contributed by atoms with Gasteiger partial charge >= 0.3 is 12.1 Å². The first-order valence-corrected chi connectivity index (χ1v) is 33.8. The molecule has 0 bridgehead atoms. The number of halogens is 3. The summed E-state index contributed by atoms with van der Waals surface area (Å²) in [4.78, 5) is 93.8. The Bertz CT molecular complexity index is 4300. The van der Waals surface area contributed by atoms with Gasteiger partial charge in [0.1, 0.15) is 59.8 Å². The van der Waals surface area contributed by atoms with Gasteiger partial charge in [-0.3, -0.25) is 29.8 Å². The zero-order valence-corrected chi connectivity index (χ0v) is 57.3. The molecule has 2 atom stereocenters. The van der Waals surface area contributed by atoms with Crippen LogP contribution in [0.4, 0.5) is 27.0 Å². The molecule has 5 fully saturated rings. The van der Waals surface area contributed by atoms with Gasteiger partial charge in [-0.15, -0.1) is 6.42 Å². The minimum absolute atomic E-state index is 0.0864. The second-order valence-electron chi connectivity index (χ2n) is 23.0. The van der Waals surface area contributed by atoms with Gasteiger partial charge < -0.3 is 65.3 Å². The van der Waals surface area contributed by atoms with Crippen molar-refractivity contribution in [1.82, 2.24) is 51.0 Å². The Morgan fingerprint density at radius 1 is 0.653 bits per heavy atom. The minimum atomic E-state index is -3.27. The van der Waals surface area contributed by atoms with E-state index in [1.54, 1.807) is 87.0 Å². The maximum absolute atomic E-state index is 13.2. The van der Waals surface area contributed by atoms with Crippen LogP contribution in [0.2, 0.25) is 0 Å². The molecule has 2 saturated heterocycles. The first-order chi connectivity index (χ1) is 45.4. The number of nitrogens with two attached hydrogens (primary N) is 1. The van der Waals surface area contributed by atoms with E-state index >= 15 is 0 Å². The predicted octanol–water partition coefficient (Wildman–Crippen LogP) is 7.95. The standard InChI is InChI=1S/C24H22N4O7S.C15H13N3O4.C10H13BrN2O.C9H11BrN2O.C6H7BrN2O/c1-34-15-4-2-13-10-28(21(29)17(13)8-15)12-24(22(30)26-23(31)27-24)20-9-18-19(35-20)7-3-14(25-18)11-36(32,33)16-5-6-16;1-3-15(13(20)16-14(21)17-15)8-18-7-9-4-5-10(22-2)6-11(9)12(18)19;1-14-8-4-5-9(13-10(8)11)12-6-7-2-3-7;10-9-7(13)3-4-8(12-9)11-5-6-1-2-6;1-10-4-2-3-5(8)9-6(4)7/h2-4,7-9,16H,5-6,10-12H2,1H3,(H2,26,27,30,31);1,4-6H,7-8H2,2H3,(H2,16,17,20,21);4-5,7H,2-3,6H2,1H3,(H,12,13);3-4,6,13H,1-2,5H2,(H,11,12);2-3H,1H3,(H2,8,9)/t24-;15-;;;/m01.../s1. The van der Waals surface area contributed by atoms with Crippen molar-refractivity contribution in [2.75, 3.05) is 71.0 Å². The summed E-state index contributed by atoms with van der Waals surface area (Å²) in [5.74, 6) is 7.00. The third kappa shape index (κ3) is 16.5. The number of rotatable bonds is 18. The summed E-state index contributed by atoms with van der Waals surface area (Å²) < 4.78 is 52.9. The van der Waals surface area contributed by atoms with Gasteiger partial charge in [-0.1, -0.05) is 18.1 Å². The molecule has 5 aromatic heterocycles. The van der Waals surface area contributed by atoms with Gasteiger partial charge in [0.05, 0.1) is 58.2 Å². The molecule has 498 valence electrons. The second kappa shape index (κ2) is 29.2. The minimum Gasteiger partial charge on any atom is -0.505 e. The molecule has 8 amide bonds. The van der Waals surface area contributed by atoms with Crippen LogP contribution in [0.1, 0.15) is 81.8 Å². The monoisotopic (exact) mass is 1510 g/mol. The number of anilines is 3. The molecule has 31 heteroatoms. The number of imide groups is 2. The second-order valence-corrected chi connectivity index (χ2v) is 27.6. The summed E-state index contributed by atoms with van der Waals surface area (Å²) in [6, 6.07) is 24.4. The van der Waals surface area contributed by atoms with Crippen molar-refractivity contribution >= 4 is 122 Å². The fraction of sp³-hybridized carbons (Fsp3) is 0.344. The number of terminal acetylenes is 1. The Balaban J connectivity index is 0.000000142. The Morgan fingerprint density at radius 3 is 1.67 bits per heavy atom. The van der Waals surface area contributed by atoms with Crippen LogP contribution in [-0.2, 0) is 43.8 Å². The molecule has 2 aromatic carbocycles. The number of sulfone groups is 1.